The minimum atomic E-state index is -0.532. The van der Waals surface area contributed by atoms with Gasteiger partial charge in [-0.05, 0) is 69.6 Å². The maximum absolute atomic E-state index is 15.2. The number of rotatable bonds is 5. The van der Waals surface area contributed by atoms with E-state index >= 15 is 4.39 Å². The predicted molar refractivity (Wildman–Crippen MR) is 155 cm³/mol. The van der Waals surface area contributed by atoms with Crippen LogP contribution in [0.2, 0.25) is 5.02 Å². The van der Waals surface area contributed by atoms with Gasteiger partial charge in [-0.3, -0.25) is 0 Å². The van der Waals surface area contributed by atoms with Crippen LogP contribution in [0.5, 0.6) is 0 Å². The maximum atomic E-state index is 15.2. The second-order valence-electron chi connectivity index (χ2n) is 11.7. The van der Waals surface area contributed by atoms with Gasteiger partial charge in [-0.1, -0.05) is 24.6 Å². The molecule has 0 bridgehead atoms. The SMILES string of the molecule is C[C@H]1CC[C@H](C)N(c2nc(=O)n(-c3c(C4CC4)ncnc3C3CC3)c3nc(-c4c(N)cccc4F)c(Cl)cc23)C1. The molecule has 7 rings (SSSR count). The van der Waals surface area contributed by atoms with E-state index in [-0.39, 0.29) is 39.8 Å². The van der Waals surface area contributed by atoms with E-state index in [0.29, 0.717) is 28.5 Å². The van der Waals surface area contributed by atoms with Crippen LogP contribution in [-0.2, 0) is 0 Å². The number of benzene rings is 1. The summed E-state index contributed by atoms with van der Waals surface area (Å²) in [6, 6.07) is 6.44. The van der Waals surface area contributed by atoms with Gasteiger partial charge in [0.15, 0.2) is 5.65 Å². The fraction of sp³-hybridized carbons (Fsp3) is 0.433. The monoisotopic (exact) mass is 559 g/mol. The fourth-order valence-electron chi connectivity index (χ4n) is 6.02. The van der Waals surface area contributed by atoms with Crippen molar-refractivity contribution in [1.29, 1.82) is 0 Å². The van der Waals surface area contributed by atoms with Crippen molar-refractivity contribution < 1.29 is 4.39 Å². The number of nitrogen functional groups attached to an aromatic ring is 1. The average Bonchev–Trinajstić information content (AvgIpc) is 3.84. The van der Waals surface area contributed by atoms with Crippen molar-refractivity contribution in [2.75, 3.05) is 17.2 Å². The van der Waals surface area contributed by atoms with Crippen molar-refractivity contribution in [2.24, 2.45) is 5.92 Å². The third-order valence-corrected chi connectivity index (χ3v) is 8.79. The van der Waals surface area contributed by atoms with E-state index < -0.39 is 11.5 Å². The normalized spacial score (nSPS) is 21.2. The largest absolute Gasteiger partial charge is 0.398 e. The Morgan fingerprint density at radius 1 is 1.00 bits per heavy atom. The number of nitrogens with zero attached hydrogens (tertiary/aromatic N) is 6. The number of piperidine rings is 1. The first kappa shape index (κ1) is 25.4. The molecule has 3 fully saturated rings. The summed E-state index contributed by atoms with van der Waals surface area (Å²) in [6.07, 6.45) is 7.73. The molecule has 2 atom stereocenters. The summed E-state index contributed by atoms with van der Waals surface area (Å²) in [6.45, 7) is 5.12. The number of aromatic nitrogens is 5. The van der Waals surface area contributed by atoms with Crippen molar-refractivity contribution >= 4 is 34.1 Å². The zero-order valence-electron chi connectivity index (χ0n) is 22.6. The molecule has 4 heterocycles. The molecule has 3 aromatic heterocycles. The predicted octanol–water partition coefficient (Wildman–Crippen LogP) is 5.99. The van der Waals surface area contributed by atoms with Crippen LogP contribution in [0.4, 0.5) is 15.9 Å². The van der Waals surface area contributed by atoms with Crippen LogP contribution >= 0.6 is 11.6 Å². The molecule has 2 aliphatic carbocycles. The number of pyridine rings is 1. The van der Waals surface area contributed by atoms with E-state index in [1.54, 1.807) is 29.1 Å². The van der Waals surface area contributed by atoms with E-state index in [1.165, 1.54) is 6.07 Å². The first-order valence-corrected chi connectivity index (χ1v) is 14.5. The lowest BCUT2D eigenvalue weighted by Gasteiger charge is -2.38. The molecule has 2 saturated carbocycles. The fourth-order valence-corrected chi connectivity index (χ4v) is 6.27. The molecule has 2 N–H and O–H groups in total. The Morgan fingerprint density at radius 2 is 1.70 bits per heavy atom. The van der Waals surface area contributed by atoms with Crippen molar-refractivity contribution in [2.45, 2.75) is 70.3 Å². The Hall–Kier alpha value is -3.59. The van der Waals surface area contributed by atoms with E-state index in [4.69, 9.17) is 22.3 Å². The molecule has 0 amide bonds. The van der Waals surface area contributed by atoms with Crippen molar-refractivity contribution in [3.8, 4) is 16.9 Å². The third-order valence-electron chi connectivity index (χ3n) is 8.50. The van der Waals surface area contributed by atoms with Gasteiger partial charge in [-0.15, -0.1) is 0 Å². The van der Waals surface area contributed by atoms with Gasteiger partial charge in [0.25, 0.3) is 0 Å². The molecule has 4 aromatic rings. The van der Waals surface area contributed by atoms with Gasteiger partial charge >= 0.3 is 5.69 Å². The van der Waals surface area contributed by atoms with Gasteiger partial charge < -0.3 is 10.6 Å². The third kappa shape index (κ3) is 4.22. The Labute approximate surface area is 236 Å². The average molecular weight is 560 g/mol. The summed E-state index contributed by atoms with van der Waals surface area (Å²) < 4.78 is 16.7. The Balaban J connectivity index is 1.57. The lowest BCUT2D eigenvalue weighted by Crippen LogP contribution is -2.43. The molecule has 1 aromatic carbocycles. The highest BCUT2D eigenvalue weighted by Crippen LogP contribution is 2.48. The highest BCUT2D eigenvalue weighted by Gasteiger charge is 2.37. The van der Waals surface area contributed by atoms with Crippen molar-refractivity contribution in [3.05, 3.63) is 63.3 Å². The minimum absolute atomic E-state index is 0.112. The van der Waals surface area contributed by atoms with Crippen molar-refractivity contribution in [1.82, 2.24) is 24.5 Å². The van der Waals surface area contributed by atoms with Gasteiger partial charge in [0, 0.05) is 30.1 Å². The van der Waals surface area contributed by atoms with Crippen LogP contribution in [0, 0.1) is 11.7 Å². The topological polar surface area (TPSA) is 103 Å². The zero-order valence-corrected chi connectivity index (χ0v) is 23.3. The van der Waals surface area contributed by atoms with Gasteiger partial charge in [0.1, 0.15) is 18.0 Å². The van der Waals surface area contributed by atoms with Crippen LogP contribution in [0.25, 0.3) is 28.0 Å². The summed E-state index contributed by atoms with van der Waals surface area (Å²) in [5.41, 5.74) is 9.01. The maximum Gasteiger partial charge on any atom is 0.355 e. The van der Waals surface area contributed by atoms with E-state index in [2.05, 4.69) is 33.7 Å². The Kier molecular flexibility index (Phi) is 6.03. The van der Waals surface area contributed by atoms with Gasteiger partial charge in [-0.2, -0.15) is 4.98 Å². The number of hydrogen-bond acceptors (Lipinski definition) is 7. The molecule has 3 aliphatic rings. The molecule has 8 nitrogen and oxygen atoms in total. The molecule has 10 heteroatoms. The highest BCUT2D eigenvalue weighted by atomic mass is 35.5. The van der Waals surface area contributed by atoms with Gasteiger partial charge in [0.2, 0.25) is 0 Å². The first-order valence-electron chi connectivity index (χ1n) is 14.1. The van der Waals surface area contributed by atoms with Crippen LogP contribution in [0.3, 0.4) is 0 Å². The van der Waals surface area contributed by atoms with E-state index in [9.17, 15) is 4.79 Å². The first-order chi connectivity index (χ1) is 19.3. The molecule has 40 heavy (non-hydrogen) atoms. The van der Waals surface area contributed by atoms with Crippen molar-refractivity contribution in [3.63, 3.8) is 0 Å². The lowest BCUT2D eigenvalue weighted by molar-refractivity contribution is 0.388. The number of halogens is 2. The molecule has 206 valence electrons. The smallest absolute Gasteiger partial charge is 0.355 e. The van der Waals surface area contributed by atoms with Gasteiger partial charge in [-0.25, -0.2) is 28.7 Å². The summed E-state index contributed by atoms with van der Waals surface area (Å²) in [5.74, 6) is 0.983. The molecule has 0 spiro atoms. The minimum Gasteiger partial charge on any atom is -0.398 e. The molecule has 1 saturated heterocycles. The van der Waals surface area contributed by atoms with Crippen LogP contribution in [-0.4, -0.2) is 37.1 Å². The molecule has 1 aliphatic heterocycles. The van der Waals surface area contributed by atoms with Crippen LogP contribution in [0.15, 0.2) is 35.4 Å². The van der Waals surface area contributed by atoms with Crippen LogP contribution in [0.1, 0.15) is 75.6 Å². The second-order valence-corrected chi connectivity index (χ2v) is 12.1. The summed E-state index contributed by atoms with van der Waals surface area (Å²) in [4.78, 5) is 35.3. The Bertz CT molecular complexity index is 1660. The number of anilines is 2. The number of nitrogens with two attached hydrogens (primary N) is 1. The molecular weight excluding hydrogens is 529 g/mol. The second kappa shape index (κ2) is 9.51. The highest BCUT2D eigenvalue weighted by molar-refractivity contribution is 6.34. The summed E-state index contributed by atoms with van der Waals surface area (Å²) in [7, 11) is 0. The number of hydrogen-bond donors (Lipinski definition) is 1. The van der Waals surface area contributed by atoms with E-state index in [1.807, 2.05) is 0 Å². The molecule has 0 unspecified atom stereocenters. The molecular formula is C30H31ClFN7O. The summed E-state index contributed by atoms with van der Waals surface area (Å²) in [5, 5.41) is 0.876. The van der Waals surface area contributed by atoms with E-state index in [0.717, 1.165) is 56.5 Å². The lowest BCUT2D eigenvalue weighted by atomic mass is 9.95. The van der Waals surface area contributed by atoms with Crippen LogP contribution < -0.4 is 16.3 Å². The standard InChI is InChI=1S/C30H31ClFN7O/c1-15-6-7-16(2)38(13-15)28-19-12-20(31)26(23-21(32)4-3-5-22(23)33)36-29(19)39(30(40)37-28)27-24(17-8-9-17)34-14-35-25(27)18-10-11-18/h3-5,12,14-18H,6-11,13,33H2,1-2H3/t15-,16-/m0/s1. The van der Waals surface area contributed by atoms with Gasteiger partial charge in [0.05, 0.1) is 38.7 Å². The Morgan fingerprint density at radius 3 is 2.35 bits per heavy atom. The number of fused-ring (bicyclic) bond motifs is 1. The quantitative estimate of drug-likeness (QED) is 0.299. The molecule has 0 radical (unpaired) electrons. The zero-order chi connectivity index (χ0) is 27.7. The summed E-state index contributed by atoms with van der Waals surface area (Å²) >= 11 is 6.84.